The number of alkyl halides is 2. The molecule has 10 rings (SSSR count). The van der Waals surface area contributed by atoms with E-state index in [-0.39, 0.29) is 101 Å². The van der Waals surface area contributed by atoms with Gasteiger partial charge in [0.05, 0.1) is 80.7 Å². The number of anilines is 2. The molecule has 25 nitrogen and oxygen atoms in total. The third-order valence-corrected chi connectivity index (χ3v) is 25.4. The Labute approximate surface area is 745 Å². The van der Waals surface area contributed by atoms with Crippen molar-refractivity contribution in [2.75, 3.05) is 64.3 Å². The lowest BCUT2D eigenvalue weighted by Gasteiger charge is -2.36. The van der Waals surface area contributed by atoms with Crippen LogP contribution in [-0.2, 0) is 43.1 Å². The van der Waals surface area contributed by atoms with Crippen LogP contribution >= 0.6 is 45.3 Å². The summed E-state index contributed by atoms with van der Waals surface area (Å²) in [5, 5.41) is 44.4. The minimum Gasteiger partial charge on any atom is -0.391 e. The Morgan fingerprint density at radius 1 is 0.556 bits per heavy atom. The number of amides is 8. The van der Waals surface area contributed by atoms with E-state index in [2.05, 4.69) is 52.5 Å². The third-order valence-electron chi connectivity index (χ3n) is 22.8. The highest BCUT2D eigenvalue weighted by Crippen LogP contribution is 2.43. The Hall–Kier alpha value is -8.45. The van der Waals surface area contributed by atoms with Gasteiger partial charge in [-0.25, -0.2) is 31.9 Å². The van der Waals surface area contributed by atoms with E-state index in [1.165, 1.54) is 44.6 Å². The number of likely N-dealkylation sites (tertiary alicyclic amines) is 2. The number of aliphatic hydroxyl groups is 2. The summed E-state index contributed by atoms with van der Waals surface area (Å²) in [4.78, 5) is 134. The van der Waals surface area contributed by atoms with Gasteiger partial charge in [-0.15, -0.1) is 22.7 Å². The van der Waals surface area contributed by atoms with Crippen molar-refractivity contribution in [3.05, 3.63) is 139 Å². The second-order valence-corrected chi connectivity index (χ2v) is 38.1. The maximum atomic E-state index is 14.7. The SMILES string of the molecule is Cc1ncsc1-c1ccc([C@H](CC(=O)NCCCCCCCCCN)NC(=O)[C@@H]2C[C@@H](O)CN2C(=O)C(NC(=O)C2(F)CC2)C(C)(C)C)cc1.Cc1ncsc1-c1ccc([C@H](CC(=O)NCCCCCCCCCNCCCOCC(=O)c2ccc(F)c(F)c2Nc2ccc(I)cc2F)NC(=O)[C@@H]2C[C@@H](O)CN2C(=O)C(NC(=O)C2(F)CC2)C(C)(C)C)cc1. The molecule has 2 aliphatic carbocycles. The number of nitrogens with zero attached hydrogens (tertiary/aromatic N) is 4. The third kappa shape index (κ3) is 29.3. The number of benzene rings is 4. The number of thiazole rings is 2. The predicted octanol–water partition coefficient (Wildman–Crippen LogP) is 13.6. The lowest BCUT2D eigenvalue weighted by atomic mass is 9.85. The number of Topliss-reactive ketones (excluding diaryl/α,β-unsaturated/α-hetero) is 1. The molecular weight excluding hydrogens is 1750 g/mol. The number of ether oxygens (including phenoxy) is 1. The molecule has 0 spiro atoms. The quantitative estimate of drug-likeness (QED) is 0.00732. The Bertz CT molecular complexity index is 4580. The zero-order chi connectivity index (χ0) is 90.1. The van der Waals surface area contributed by atoms with Crippen molar-refractivity contribution in [1.29, 1.82) is 0 Å². The van der Waals surface area contributed by atoms with Gasteiger partial charge in [-0.2, -0.15) is 0 Å². The Morgan fingerprint density at radius 2 is 0.976 bits per heavy atom. The van der Waals surface area contributed by atoms with Crippen LogP contribution in [0.4, 0.5) is 33.3 Å². The molecule has 12 N–H and O–H groups in total. The van der Waals surface area contributed by atoms with Crippen LogP contribution in [0.5, 0.6) is 0 Å². The van der Waals surface area contributed by atoms with Gasteiger partial charge in [0, 0.05) is 54.8 Å². The molecule has 4 fully saturated rings. The summed E-state index contributed by atoms with van der Waals surface area (Å²) in [7, 11) is 0. The van der Waals surface area contributed by atoms with Crippen LogP contribution in [0, 0.1) is 45.7 Å². The molecule has 8 atom stereocenters. The van der Waals surface area contributed by atoms with Crippen LogP contribution < -0.4 is 48.3 Å². The second kappa shape index (κ2) is 46.9. The standard InChI is InChI=1S/C54H68F4IN7O7S.C37H55FN6O5S/c1-33-48(74-32-62-33)35-15-13-34(14-16-35)42(64-50(70)43-28-37(67)30-66(43)51(71)49(53(2,3)4)65-52(72)54(58)21-22-54)29-45(69)61-25-11-9-7-5-6-8-10-23-60-24-12-26-73-31-44(68)38-18-19-39(55)46(57)47(38)63-41-20-17-36(59)27-40(41)56;1-24-31(50-23-41-24)26-14-12-25(13-15-26)28(21-30(46)40-19-11-9-7-5-6-8-10-18-39)42-33(47)29-20-27(45)22-44(29)34(48)32(36(2,3)4)43-35(49)37(38)16-17-37/h13-20,27,32,37,42-43,49,60,63,67H,5-12,21-26,28-31H2,1-4H3,(H,61,69)(H,64,70)(H,65,72);12-15,23,27-29,32,45H,5-11,16-22,39H2,1-4H3,(H,40,46)(H,42,47)(H,43,49)/t37-,42+,43+,49?;27-,28+,29+,32?/m11/s1. The number of carbonyl (C=O) groups is 9. The van der Waals surface area contributed by atoms with Gasteiger partial charge < -0.3 is 73.0 Å². The average molecular weight is 1880 g/mol. The molecule has 678 valence electrons. The van der Waals surface area contributed by atoms with E-state index >= 15 is 0 Å². The highest BCUT2D eigenvalue weighted by Gasteiger charge is 2.55. The molecule has 124 heavy (non-hydrogen) atoms. The van der Waals surface area contributed by atoms with E-state index in [1.54, 1.807) is 58.6 Å². The first kappa shape index (κ1) is 99.3. The smallest absolute Gasteiger partial charge is 0.258 e. The lowest BCUT2D eigenvalue weighted by molar-refractivity contribution is -0.145. The van der Waals surface area contributed by atoms with Crippen molar-refractivity contribution < 1.29 is 80.1 Å². The van der Waals surface area contributed by atoms with Crippen molar-refractivity contribution in [2.24, 2.45) is 16.6 Å². The zero-order valence-corrected chi connectivity index (χ0v) is 76.1. The normalized spacial score (nSPS) is 17.9. The summed E-state index contributed by atoms with van der Waals surface area (Å²) in [5.74, 6) is -8.11. The summed E-state index contributed by atoms with van der Waals surface area (Å²) in [6.07, 6.45) is 13.2. The first-order chi connectivity index (χ1) is 59.0. The number of hydrogen-bond donors (Lipinski definition) is 11. The molecule has 4 heterocycles. The highest BCUT2D eigenvalue weighted by atomic mass is 127. The molecule has 33 heteroatoms. The number of aliphatic hydroxyl groups excluding tert-OH is 2. The molecule has 4 aliphatic rings. The maximum absolute atomic E-state index is 14.7. The predicted molar refractivity (Wildman–Crippen MR) is 478 cm³/mol. The van der Waals surface area contributed by atoms with E-state index in [9.17, 15) is 75.3 Å². The fourth-order valence-corrected chi connectivity index (χ4v) is 17.1. The molecule has 2 aliphatic heterocycles. The van der Waals surface area contributed by atoms with Crippen LogP contribution in [0.3, 0.4) is 0 Å². The fourth-order valence-electron chi connectivity index (χ4n) is 15.0. The molecule has 2 saturated heterocycles. The minimum atomic E-state index is -2.01. The molecular formula is C91H123F5IN13O12S2. The largest absolute Gasteiger partial charge is 0.391 e. The summed E-state index contributed by atoms with van der Waals surface area (Å²) >= 11 is 4.97. The summed E-state index contributed by atoms with van der Waals surface area (Å²) in [6, 6.07) is 15.5. The maximum Gasteiger partial charge on any atom is 0.258 e. The lowest BCUT2D eigenvalue weighted by Crippen LogP contribution is -2.59. The van der Waals surface area contributed by atoms with Crippen LogP contribution in [0.15, 0.2) is 89.9 Å². The number of halogens is 6. The van der Waals surface area contributed by atoms with Crippen LogP contribution in [-0.4, -0.2) is 190 Å². The first-order valence-electron chi connectivity index (χ1n) is 43.3. The summed E-state index contributed by atoms with van der Waals surface area (Å²) in [6.45, 7) is 17.2. The minimum absolute atomic E-state index is 0.00976. The van der Waals surface area contributed by atoms with Crippen molar-refractivity contribution in [2.45, 2.75) is 263 Å². The molecule has 6 aromatic rings. The number of nitrogens with two attached hydrogens (primary N) is 1. The van der Waals surface area contributed by atoms with Crippen molar-refractivity contribution in [3.63, 3.8) is 0 Å². The van der Waals surface area contributed by atoms with Gasteiger partial charge in [0.2, 0.25) is 35.4 Å². The van der Waals surface area contributed by atoms with E-state index in [4.69, 9.17) is 10.5 Å². The number of β-amino-alcohol motifs (C(OH)–C–C–N with tert-alkyl or cyclic N) is 2. The highest BCUT2D eigenvalue weighted by molar-refractivity contribution is 14.1. The molecule has 8 amide bonds. The molecule has 2 aromatic heterocycles. The van der Waals surface area contributed by atoms with Gasteiger partial charge in [0.1, 0.15) is 36.6 Å². The van der Waals surface area contributed by atoms with Gasteiger partial charge in [-0.1, -0.05) is 154 Å². The summed E-state index contributed by atoms with van der Waals surface area (Å²) in [5.41, 5.74) is 7.91. The summed E-state index contributed by atoms with van der Waals surface area (Å²) < 4.78 is 78.7. The van der Waals surface area contributed by atoms with Crippen molar-refractivity contribution >= 4 is 110 Å². The fraction of sp³-hybridized carbons (Fsp3) is 0.571. The first-order valence-corrected chi connectivity index (χ1v) is 46.2. The number of aromatic nitrogens is 2. The number of carbonyl (C=O) groups excluding carboxylic acids is 9. The Kier molecular flexibility index (Phi) is 37.5. The molecule has 2 unspecified atom stereocenters. The van der Waals surface area contributed by atoms with Gasteiger partial charge in [0.15, 0.2) is 28.8 Å². The Balaban J connectivity index is 0.000000303. The van der Waals surface area contributed by atoms with E-state index < -0.39 is 135 Å². The van der Waals surface area contributed by atoms with E-state index in [0.29, 0.717) is 40.8 Å². The van der Waals surface area contributed by atoms with Gasteiger partial charge in [-0.05, 0) is 177 Å². The number of hydrogen-bond acceptors (Lipinski definition) is 19. The molecule has 2 saturated carbocycles. The number of unbranched alkanes of at least 4 members (excludes halogenated alkanes) is 12. The van der Waals surface area contributed by atoms with E-state index in [1.807, 2.05) is 85.0 Å². The zero-order valence-electron chi connectivity index (χ0n) is 72.3. The number of rotatable bonds is 46. The number of ketones is 1. The number of nitrogens with one attached hydrogen (secondary N) is 8. The van der Waals surface area contributed by atoms with Crippen molar-refractivity contribution in [1.82, 2.24) is 57.0 Å². The average Bonchev–Trinajstić information content (AvgIpc) is 1.61. The molecule has 0 radical (unpaired) electrons. The molecule has 0 bridgehead atoms. The Morgan fingerprint density at radius 3 is 1.38 bits per heavy atom. The van der Waals surface area contributed by atoms with Crippen LogP contribution in [0.25, 0.3) is 20.9 Å². The topological polar surface area (TPSA) is 358 Å². The van der Waals surface area contributed by atoms with Gasteiger partial charge in [-0.3, -0.25) is 43.2 Å². The van der Waals surface area contributed by atoms with Crippen molar-refractivity contribution in [3.8, 4) is 20.9 Å². The van der Waals surface area contributed by atoms with E-state index in [0.717, 1.165) is 147 Å². The van der Waals surface area contributed by atoms with Crippen LogP contribution in [0.1, 0.15) is 234 Å². The second-order valence-electron chi connectivity index (χ2n) is 35.1. The monoisotopic (exact) mass is 1880 g/mol. The molecule has 4 aromatic carbocycles. The van der Waals surface area contributed by atoms with Gasteiger partial charge >= 0.3 is 0 Å². The van der Waals surface area contributed by atoms with Crippen LogP contribution in [0.2, 0.25) is 0 Å². The van der Waals surface area contributed by atoms with Gasteiger partial charge in [0.25, 0.3) is 11.8 Å². The number of aryl methyl sites for hydroxylation is 2.